The van der Waals surface area contributed by atoms with Crippen molar-refractivity contribution in [2.24, 2.45) is 0 Å². The number of methoxy groups -OCH3 is 1. The first kappa shape index (κ1) is 13.5. The van der Waals surface area contributed by atoms with Gasteiger partial charge < -0.3 is 19.6 Å². The number of pyridine rings is 1. The molecule has 0 bridgehead atoms. The lowest BCUT2D eigenvalue weighted by Crippen LogP contribution is -2.28. The number of hydrogen-bond donors (Lipinski definition) is 2. The molecule has 2 heterocycles. The number of amides is 1. The summed E-state index contributed by atoms with van der Waals surface area (Å²) in [5.74, 6) is -0.159. The number of nitrogens with one attached hydrogen (secondary N) is 1. The summed E-state index contributed by atoms with van der Waals surface area (Å²) < 4.78 is 6.65. The summed E-state index contributed by atoms with van der Waals surface area (Å²) in [6.07, 6.45) is 5.07. The second kappa shape index (κ2) is 6.31. The molecule has 0 saturated heterocycles. The van der Waals surface area contributed by atoms with Crippen molar-refractivity contribution in [3.05, 3.63) is 36.4 Å². The van der Waals surface area contributed by atoms with Crippen LogP contribution in [-0.2, 0) is 4.74 Å². The number of rotatable bonds is 6. The summed E-state index contributed by atoms with van der Waals surface area (Å²) in [4.78, 5) is 15.9. The number of nitrogens with zero attached hydrogens (tertiary/aromatic N) is 2. The number of carbonyl (C=O) groups is 1. The maximum Gasteiger partial charge on any atom is 0.251 e. The number of ether oxygens (including phenoxy) is 1. The van der Waals surface area contributed by atoms with Crippen LogP contribution < -0.4 is 5.32 Å². The Morgan fingerprint density at radius 1 is 1.63 bits per heavy atom. The number of carbonyl (C=O) groups excluding carboxylic acids is 1. The van der Waals surface area contributed by atoms with Crippen LogP contribution in [0.2, 0.25) is 0 Å². The highest BCUT2D eigenvalue weighted by atomic mass is 16.5. The maximum atomic E-state index is 11.9. The molecule has 19 heavy (non-hydrogen) atoms. The third-order valence-electron chi connectivity index (χ3n) is 2.80. The summed E-state index contributed by atoms with van der Waals surface area (Å²) in [6, 6.07) is 3.50. The van der Waals surface area contributed by atoms with Gasteiger partial charge in [0.05, 0.1) is 30.8 Å². The smallest absolute Gasteiger partial charge is 0.251 e. The first-order chi connectivity index (χ1) is 9.20. The highest BCUT2D eigenvalue weighted by molar-refractivity contribution is 5.95. The lowest BCUT2D eigenvalue weighted by atomic mass is 10.2. The number of aliphatic hydroxyl groups excluding tert-OH is 1. The van der Waals surface area contributed by atoms with Gasteiger partial charge in [0.2, 0.25) is 0 Å². The third kappa shape index (κ3) is 3.52. The van der Waals surface area contributed by atoms with Gasteiger partial charge in [-0.2, -0.15) is 0 Å². The number of aromatic nitrogens is 2. The van der Waals surface area contributed by atoms with Crippen LogP contribution in [0.5, 0.6) is 0 Å². The fraction of sp³-hybridized carbons (Fsp3) is 0.385. The van der Waals surface area contributed by atoms with E-state index in [2.05, 4.69) is 10.3 Å². The summed E-state index contributed by atoms with van der Waals surface area (Å²) in [5.41, 5.74) is 1.45. The van der Waals surface area contributed by atoms with Crippen molar-refractivity contribution in [3.63, 3.8) is 0 Å². The van der Waals surface area contributed by atoms with Crippen LogP contribution >= 0.6 is 0 Å². The molecule has 0 aliphatic heterocycles. The molecular formula is C13H17N3O3. The molecule has 2 rings (SSSR count). The van der Waals surface area contributed by atoms with E-state index < -0.39 is 6.10 Å². The molecule has 0 aliphatic rings. The Bertz CT molecular complexity index is 553. The normalized spacial score (nSPS) is 12.5. The van der Waals surface area contributed by atoms with Crippen LogP contribution in [0.4, 0.5) is 0 Å². The van der Waals surface area contributed by atoms with E-state index in [1.807, 2.05) is 4.40 Å². The van der Waals surface area contributed by atoms with Crippen LogP contribution in [0.15, 0.2) is 30.9 Å². The van der Waals surface area contributed by atoms with Gasteiger partial charge in [-0.25, -0.2) is 4.98 Å². The molecule has 102 valence electrons. The van der Waals surface area contributed by atoms with E-state index in [0.717, 1.165) is 5.52 Å². The predicted molar refractivity (Wildman–Crippen MR) is 70.0 cm³/mol. The zero-order chi connectivity index (χ0) is 13.7. The van der Waals surface area contributed by atoms with Crippen LogP contribution in [0.1, 0.15) is 16.8 Å². The quantitative estimate of drug-likeness (QED) is 0.794. The Balaban J connectivity index is 1.89. The Morgan fingerprint density at radius 2 is 2.47 bits per heavy atom. The van der Waals surface area contributed by atoms with Crippen molar-refractivity contribution >= 4 is 11.4 Å². The molecule has 2 aromatic rings. The zero-order valence-corrected chi connectivity index (χ0v) is 10.7. The maximum absolute atomic E-state index is 11.9. The van der Waals surface area contributed by atoms with E-state index in [4.69, 9.17) is 4.74 Å². The van der Waals surface area contributed by atoms with Gasteiger partial charge in [0.25, 0.3) is 5.91 Å². The molecule has 6 nitrogen and oxygen atoms in total. The van der Waals surface area contributed by atoms with Gasteiger partial charge in [-0.1, -0.05) is 0 Å². The second-order valence-corrected chi connectivity index (χ2v) is 4.29. The molecule has 1 unspecified atom stereocenters. The minimum absolute atomic E-state index is 0.159. The number of aliphatic hydroxyl groups is 1. The molecule has 2 N–H and O–H groups in total. The van der Waals surface area contributed by atoms with Crippen LogP contribution in [0.3, 0.4) is 0 Å². The molecule has 0 aromatic carbocycles. The highest BCUT2D eigenvalue weighted by Gasteiger charge is 2.08. The van der Waals surface area contributed by atoms with E-state index >= 15 is 0 Å². The van der Waals surface area contributed by atoms with Crippen LogP contribution in [0.25, 0.3) is 5.52 Å². The Kier molecular flexibility index (Phi) is 4.48. The number of imidazole rings is 1. The molecule has 0 fully saturated rings. The van der Waals surface area contributed by atoms with Crippen molar-refractivity contribution < 1.29 is 14.6 Å². The topological polar surface area (TPSA) is 75.9 Å². The Hall–Kier alpha value is -1.92. The van der Waals surface area contributed by atoms with E-state index in [-0.39, 0.29) is 12.5 Å². The van der Waals surface area contributed by atoms with Gasteiger partial charge in [0.1, 0.15) is 0 Å². The van der Waals surface area contributed by atoms with Crippen LogP contribution in [0, 0.1) is 0 Å². The van der Waals surface area contributed by atoms with Gasteiger partial charge in [-0.05, 0) is 18.6 Å². The van der Waals surface area contributed by atoms with E-state index in [0.29, 0.717) is 18.5 Å². The minimum Gasteiger partial charge on any atom is -0.391 e. The fourth-order valence-electron chi connectivity index (χ4n) is 1.79. The molecule has 0 radical (unpaired) electrons. The molecule has 0 aliphatic carbocycles. The lowest BCUT2D eigenvalue weighted by molar-refractivity contribution is 0.0587. The molecule has 6 heteroatoms. The highest BCUT2D eigenvalue weighted by Crippen LogP contribution is 2.06. The number of fused-ring (bicyclic) bond motifs is 1. The van der Waals surface area contributed by atoms with Gasteiger partial charge in [-0.3, -0.25) is 4.79 Å². The van der Waals surface area contributed by atoms with E-state index in [1.165, 1.54) is 7.11 Å². The standard InChI is InChI=1S/C13H17N3O3/c1-19-8-12(17)2-4-15-13(18)10-3-5-16-9-14-7-11(16)6-10/h3,5-7,9,12,17H,2,4,8H2,1H3,(H,15,18). The molecule has 1 atom stereocenters. The van der Waals surface area contributed by atoms with Crippen molar-refractivity contribution in [1.82, 2.24) is 14.7 Å². The van der Waals surface area contributed by atoms with Gasteiger partial charge >= 0.3 is 0 Å². The second-order valence-electron chi connectivity index (χ2n) is 4.29. The minimum atomic E-state index is -0.553. The third-order valence-corrected chi connectivity index (χ3v) is 2.80. The summed E-state index contributed by atoms with van der Waals surface area (Å²) in [7, 11) is 1.53. The monoisotopic (exact) mass is 263 g/mol. The first-order valence-electron chi connectivity index (χ1n) is 6.07. The van der Waals surface area contributed by atoms with Crippen molar-refractivity contribution in [2.45, 2.75) is 12.5 Å². The van der Waals surface area contributed by atoms with Gasteiger partial charge in [0.15, 0.2) is 0 Å². The zero-order valence-electron chi connectivity index (χ0n) is 10.7. The summed E-state index contributed by atoms with van der Waals surface area (Å²) in [5, 5.41) is 12.2. The average molecular weight is 263 g/mol. The Labute approximate surface area is 111 Å². The molecular weight excluding hydrogens is 246 g/mol. The van der Waals surface area contributed by atoms with Crippen molar-refractivity contribution in [2.75, 3.05) is 20.3 Å². The molecule has 0 saturated carbocycles. The van der Waals surface area contributed by atoms with Crippen molar-refractivity contribution in [1.29, 1.82) is 0 Å². The largest absolute Gasteiger partial charge is 0.391 e. The number of hydrogen-bond acceptors (Lipinski definition) is 4. The molecule has 2 aromatic heterocycles. The Morgan fingerprint density at radius 3 is 3.26 bits per heavy atom. The van der Waals surface area contributed by atoms with E-state index in [1.54, 1.807) is 30.9 Å². The average Bonchev–Trinajstić information content (AvgIpc) is 2.86. The van der Waals surface area contributed by atoms with Crippen molar-refractivity contribution in [3.8, 4) is 0 Å². The molecule has 1 amide bonds. The SMILES string of the molecule is COCC(O)CCNC(=O)c1ccn2cncc2c1. The fourth-order valence-corrected chi connectivity index (χ4v) is 1.79. The predicted octanol–water partition coefficient (Wildman–Crippen LogP) is 0.461. The summed E-state index contributed by atoms with van der Waals surface area (Å²) in [6.45, 7) is 0.686. The van der Waals surface area contributed by atoms with Crippen LogP contribution in [-0.4, -0.2) is 46.8 Å². The van der Waals surface area contributed by atoms with Gasteiger partial charge in [0, 0.05) is 25.4 Å². The first-order valence-corrected chi connectivity index (χ1v) is 6.07. The molecule has 0 spiro atoms. The van der Waals surface area contributed by atoms with Gasteiger partial charge in [-0.15, -0.1) is 0 Å². The summed E-state index contributed by atoms with van der Waals surface area (Å²) >= 11 is 0. The van der Waals surface area contributed by atoms with E-state index in [9.17, 15) is 9.90 Å². The lowest BCUT2D eigenvalue weighted by Gasteiger charge is -2.10.